The Hall–Kier alpha value is -2.60. The second-order valence-corrected chi connectivity index (χ2v) is 5.29. The van der Waals surface area contributed by atoms with E-state index in [0.717, 1.165) is 5.56 Å². The van der Waals surface area contributed by atoms with Crippen molar-refractivity contribution in [2.75, 3.05) is 0 Å². The summed E-state index contributed by atoms with van der Waals surface area (Å²) in [5, 5.41) is 15.9. The zero-order valence-corrected chi connectivity index (χ0v) is 12.4. The van der Waals surface area contributed by atoms with Crippen LogP contribution in [-0.4, -0.2) is 16.2 Å². The van der Waals surface area contributed by atoms with Crippen molar-refractivity contribution in [2.24, 2.45) is 0 Å². The van der Waals surface area contributed by atoms with Crippen molar-refractivity contribution in [3.8, 4) is 0 Å². The normalized spacial score (nSPS) is 17.8. The lowest BCUT2D eigenvalue weighted by Crippen LogP contribution is -2.43. The summed E-state index contributed by atoms with van der Waals surface area (Å²) in [6.07, 6.45) is 1.45. The average Bonchev–Trinajstić information content (AvgIpc) is 3.03. The number of rotatable bonds is 4. The van der Waals surface area contributed by atoms with Gasteiger partial charge in [0.25, 0.3) is 0 Å². The molecule has 2 heterocycles. The Bertz CT molecular complexity index is 723. The zero-order valence-electron chi connectivity index (χ0n) is 11.6. The first kappa shape index (κ1) is 14.3. The molecule has 1 atom stereocenters. The predicted octanol–water partition coefficient (Wildman–Crippen LogP) is 2.68. The van der Waals surface area contributed by atoms with E-state index in [0.29, 0.717) is 22.1 Å². The minimum absolute atomic E-state index is 0.113. The summed E-state index contributed by atoms with van der Waals surface area (Å²) in [5.41, 5.74) is 2.29. The maximum Gasteiger partial charge on any atom is 0.307 e. The number of benzene rings is 1. The maximum atomic E-state index is 11.3. The third-order valence-corrected chi connectivity index (χ3v) is 3.64. The van der Waals surface area contributed by atoms with Gasteiger partial charge in [0.15, 0.2) is 5.11 Å². The molecule has 0 saturated carbocycles. The summed E-state index contributed by atoms with van der Waals surface area (Å²) in [5.74, 6) is -0.273. The largest absolute Gasteiger partial charge is 0.481 e. The van der Waals surface area contributed by atoms with Gasteiger partial charge in [0.2, 0.25) is 0 Å². The van der Waals surface area contributed by atoms with Gasteiger partial charge in [0.05, 0.1) is 12.7 Å². The van der Waals surface area contributed by atoms with Crippen LogP contribution in [0.4, 0.5) is 0 Å². The fourth-order valence-electron chi connectivity index (χ4n) is 2.51. The molecular weight excluding hydrogens is 300 g/mol. The monoisotopic (exact) mass is 314 g/mol. The summed E-state index contributed by atoms with van der Waals surface area (Å²) in [7, 11) is 0. The molecule has 1 unspecified atom stereocenters. The average molecular weight is 314 g/mol. The Labute approximate surface area is 132 Å². The Morgan fingerprint density at radius 3 is 2.64 bits per heavy atom. The van der Waals surface area contributed by atoms with Gasteiger partial charge in [-0.3, -0.25) is 4.79 Å². The van der Waals surface area contributed by atoms with Crippen LogP contribution in [0.25, 0.3) is 5.70 Å². The highest BCUT2D eigenvalue weighted by Gasteiger charge is 2.30. The van der Waals surface area contributed by atoms with Crippen LogP contribution in [0.3, 0.4) is 0 Å². The molecule has 6 heteroatoms. The molecule has 112 valence electrons. The molecule has 3 N–H and O–H groups in total. The lowest BCUT2D eigenvalue weighted by atomic mass is 9.94. The van der Waals surface area contributed by atoms with E-state index in [1.165, 1.54) is 0 Å². The Kier molecular flexibility index (Phi) is 3.93. The number of nitrogens with one attached hydrogen (secondary N) is 2. The van der Waals surface area contributed by atoms with E-state index in [1.807, 2.05) is 30.3 Å². The highest BCUT2D eigenvalue weighted by atomic mass is 32.1. The van der Waals surface area contributed by atoms with Crippen LogP contribution in [0.2, 0.25) is 0 Å². The molecule has 0 fully saturated rings. The molecular formula is C16H14N2O3S. The molecule has 0 spiro atoms. The van der Waals surface area contributed by atoms with E-state index in [4.69, 9.17) is 16.6 Å². The number of carbonyl (C=O) groups is 1. The molecule has 1 aliphatic rings. The van der Waals surface area contributed by atoms with Crippen molar-refractivity contribution in [3.63, 3.8) is 0 Å². The van der Waals surface area contributed by atoms with Crippen LogP contribution >= 0.6 is 12.2 Å². The third-order valence-electron chi connectivity index (χ3n) is 3.42. The summed E-state index contributed by atoms with van der Waals surface area (Å²) in [6, 6.07) is 12.7. The van der Waals surface area contributed by atoms with Crippen molar-refractivity contribution in [1.29, 1.82) is 0 Å². The Balaban J connectivity index is 2.13. The van der Waals surface area contributed by atoms with E-state index in [-0.39, 0.29) is 6.42 Å². The number of hydrogen-bond acceptors (Lipinski definition) is 3. The Morgan fingerprint density at radius 1 is 1.23 bits per heavy atom. The molecule has 1 aromatic carbocycles. The zero-order chi connectivity index (χ0) is 15.5. The van der Waals surface area contributed by atoms with Crippen molar-refractivity contribution in [1.82, 2.24) is 10.6 Å². The number of aliphatic carboxylic acids is 1. The molecule has 0 radical (unpaired) electrons. The molecule has 0 amide bonds. The van der Waals surface area contributed by atoms with Crippen LogP contribution in [0.5, 0.6) is 0 Å². The molecule has 3 rings (SSSR count). The smallest absolute Gasteiger partial charge is 0.307 e. The summed E-state index contributed by atoms with van der Waals surface area (Å²) >= 11 is 5.25. The van der Waals surface area contributed by atoms with Crippen LogP contribution in [-0.2, 0) is 4.79 Å². The van der Waals surface area contributed by atoms with Gasteiger partial charge >= 0.3 is 5.97 Å². The molecule has 0 aliphatic carbocycles. The highest BCUT2D eigenvalue weighted by molar-refractivity contribution is 7.80. The van der Waals surface area contributed by atoms with Crippen molar-refractivity contribution in [3.05, 3.63) is 65.6 Å². The first-order chi connectivity index (χ1) is 10.6. The standard InChI is InChI=1S/C16H14N2O3S/c19-13(20)9-11-14(10-5-2-1-3-6-10)17-16(22)18-15(11)12-7-4-8-21-12/h1-8,15H,9H2,(H,19,20)(H2,17,18,22). The number of carboxylic acid groups (broad SMARTS) is 1. The van der Waals surface area contributed by atoms with Crippen molar-refractivity contribution < 1.29 is 14.3 Å². The lowest BCUT2D eigenvalue weighted by molar-refractivity contribution is -0.136. The molecule has 5 nitrogen and oxygen atoms in total. The fraction of sp³-hybridized carbons (Fsp3) is 0.125. The molecule has 1 aliphatic heterocycles. The van der Waals surface area contributed by atoms with Gasteiger partial charge in [-0.2, -0.15) is 0 Å². The van der Waals surface area contributed by atoms with Gasteiger partial charge in [-0.05, 0) is 35.5 Å². The predicted molar refractivity (Wildman–Crippen MR) is 85.9 cm³/mol. The minimum Gasteiger partial charge on any atom is -0.481 e. The van der Waals surface area contributed by atoms with Gasteiger partial charge < -0.3 is 20.2 Å². The summed E-state index contributed by atoms with van der Waals surface area (Å²) in [6.45, 7) is 0. The van der Waals surface area contributed by atoms with E-state index < -0.39 is 12.0 Å². The molecule has 0 bridgehead atoms. The van der Waals surface area contributed by atoms with Gasteiger partial charge in [0.1, 0.15) is 11.8 Å². The molecule has 2 aromatic rings. The topological polar surface area (TPSA) is 74.5 Å². The second kappa shape index (κ2) is 6.03. The molecule has 22 heavy (non-hydrogen) atoms. The minimum atomic E-state index is -0.906. The van der Waals surface area contributed by atoms with Gasteiger partial charge in [-0.15, -0.1) is 0 Å². The van der Waals surface area contributed by atoms with Crippen molar-refractivity contribution in [2.45, 2.75) is 12.5 Å². The molecule has 1 aromatic heterocycles. The SMILES string of the molecule is O=C(O)CC1=C(c2ccccc2)NC(=S)NC1c1ccco1. The first-order valence-electron chi connectivity index (χ1n) is 6.76. The summed E-state index contributed by atoms with van der Waals surface area (Å²) in [4.78, 5) is 11.3. The van der Waals surface area contributed by atoms with Gasteiger partial charge in [-0.25, -0.2) is 0 Å². The quantitative estimate of drug-likeness (QED) is 0.754. The highest BCUT2D eigenvalue weighted by Crippen LogP contribution is 2.33. The number of hydrogen-bond donors (Lipinski definition) is 3. The number of thiocarbonyl (C=S) groups is 1. The second-order valence-electron chi connectivity index (χ2n) is 4.88. The molecule has 0 saturated heterocycles. The van der Waals surface area contributed by atoms with Crippen LogP contribution < -0.4 is 10.6 Å². The lowest BCUT2D eigenvalue weighted by Gasteiger charge is -2.30. The van der Waals surface area contributed by atoms with Crippen LogP contribution in [0, 0.1) is 0 Å². The van der Waals surface area contributed by atoms with Gasteiger partial charge in [0, 0.05) is 5.70 Å². The van der Waals surface area contributed by atoms with Gasteiger partial charge in [-0.1, -0.05) is 30.3 Å². The number of carboxylic acids is 1. The van der Waals surface area contributed by atoms with E-state index in [9.17, 15) is 9.90 Å². The first-order valence-corrected chi connectivity index (χ1v) is 7.17. The van der Waals surface area contributed by atoms with Crippen molar-refractivity contribution >= 4 is 29.0 Å². The fourth-order valence-corrected chi connectivity index (χ4v) is 2.73. The van der Waals surface area contributed by atoms with E-state index >= 15 is 0 Å². The van der Waals surface area contributed by atoms with E-state index in [2.05, 4.69) is 10.6 Å². The van der Waals surface area contributed by atoms with E-state index in [1.54, 1.807) is 18.4 Å². The Morgan fingerprint density at radius 2 is 2.00 bits per heavy atom. The van der Waals surface area contributed by atoms with Crippen LogP contribution in [0.1, 0.15) is 23.8 Å². The maximum absolute atomic E-state index is 11.3. The summed E-state index contributed by atoms with van der Waals surface area (Å²) < 4.78 is 5.44. The van der Waals surface area contributed by atoms with Crippen LogP contribution in [0.15, 0.2) is 58.7 Å². The third kappa shape index (κ3) is 2.87. The number of furan rings is 1.